The van der Waals surface area contributed by atoms with Gasteiger partial charge >= 0.3 is 0 Å². The van der Waals surface area contributed by atoms with Crippen LogP contribution in [0.5, 0.6) is 0 Å². The highest BCUT2D eigenvalue weighted by molar-refractivity contribution is 4.88. The van der Waals surface area contributed by atoms with Crippen molar-refractivity contribution in [2.24, 2.45) is 0 Å². The zero-order chi connectivity index (χ0) is 3.91. The van der Waals surface area contributed by atoms with Gasteiger partial charge in [-0.3, -0.25) is 0 Å². The van der Waals surface area contributed by atoms with Crippen LogP contribution in [0.4, 0.5) is 0 Å². The zero-order valence-electron chi connectivity index (χ0n) is 3.32. The van der Waals surface area contributed by atoms with E-state index in [1.165, 1.54) is 0 Å². The molecule has 1 aliphatic rings. The third kappa shape index (κ3) is 0.550. The summed E-state index contributed by atoms with van der Waals surface area (Å²) in [6.07, 6.45) is 0. The minimum atomic E-state index is 0. The zero-order valence-corrected chi connectivity index (χ0v) is 3.32. The molecule has 1 saturated heterocycles. The molecule has 1 unspecified atom stereocenters. The second-order valence-electron chi connectivity index (χ2n) is 1.74. The molecule has 0 spiro atoms. The van der Waals surface area contributed by atoms with Gasteiger partial charge in [-0.1, -0.05) is 0 Å². The van der Waals surface area contributed by atoms with Crippen LogP contribution < -0.4 is 0 Å². The van der Waals surface area contributed by atoms with Gasteiger partial charge < -0.3 is 4.74 Å². The smallest absolute Gasteiger partial charge is 0.225 e. The van der Waals surface area contributed by atoms with E-state index < -0.39 is 0 Å². The molecule has 1 heteroatoms. The Morgan fingerprint density at radius 1 is 2.00 bits per heavy atom. The molecule has 1 atom stereocenters. The van der Waals surface area contributed by atoms with Crippen LogP contribution in [0.3, 0.4) is 0 Å². The predicted molar refractivity (Wildman–Crippen MR) is 19.7 cm³/mol. The van der Waals surface area contributed by atoms with Crippen molar-refractivity contribution in [3.63, 3.8) is 0 Å². The Balaban J connectivity index is 2.38. The fraction of sp³-hybridized carbons (Fsp3) is 0.750. The van der Waals surface area contributed by atoms with E-state index in [2.05, 4.69) is 6.92 Å². The Hall–Kier alpha value is -0.170. The molecule has 1 aliphatic heterocycles. The molecule has 0 aromatic heterocycles. The molecule has 0 aromatic rings. The van der Waals surface area contributed by atoms with Crippen LogP contribution in [0.2, 0.25) is 0 Å². The summed E-state index contributed by atoms with van der Waals surface area (Å²) in [6, 6.07) is 0. The van der Waals surface area contributed by atoms with Crippen LogP contribution in [-0.2, 0) is 4.74 Å². The molecule has 28 valence electrons. The second kappa shape index (κ2) is 0.500. The first-order valence-corrected chi connectivity index (χ1v) is 1.70. The topological polar surface area (TPSA) is 12.5 Å². The average molecular weight is 71.1 g/mol. The van der Waals surface area contributed by atoms with E-state index >= 15 is 0 Å². The number of hydrogen-bond donors (Lipinski definition) is 0. The standard InChI is InChI=1S/C4H7O/c1-4(2)3-5-4/h1,3H2,2H3/q+1. The van der Waals surface area contributed by atoms with Crippen molar-refractivity contribution in [2.75, 3.05) is 6.61 Å². The Kier molecular flexibility index (Phi) is 0.304. The van der Waals surface area contributed by atoms with Crippen molar-refractivity contribution in [1.82, 2.24) is 0 Å². The Bertz CT molecular complexity index is 41.6. The lowest BCUT2D eigenvalue weighted by molar-refractivity contribution is 0.368. The van der Waals surface area contributed by atoms with Gasteiger partial charge in [-0.05, 0) is 0 Å². The summed E-state index contributed by atoms with van der Waals surface area (Å²) < 4.78 is 4.78. The van der Waals surface area contributed by atoms with Crippen molar-refractivity contribution < 1.29 is 4.74 Å². The quantitative estimate of drug-likeness (QED) is 0.301. The van der Waals surface area contributed by atoms with Gasteiger partial charge in [0.15, 0.2) is 0 Å². The van der Waals surface area contributed by atoms with Crippen molar-refractivity contribution in [1.29, 1.82) is 0 Å². The van der Waals surface area contributed by atoms with Crippen LogP contribution in [0.25, 0.3) is 0 Å². The van der Waals surface area contributed by atoms with E-state index in [4.69, 9.17) is 4.74 Å². The van der Waals surface area contributed by atoms with Crippen molar-refractivity contribution in [2.45, 2.75) is 12.5 Å². The van der Waals surface area contributed by atoms with Crippen molar-refractivity contribution >= 4 is 0 Å². The largest absolute Gasteiger partial charge is 0.326 e. The maximum absolute atomic E-state index is 4.78. The van der Waals surface area contributed by atoms with E-state index in [1.807, 2.05) is 6.92 Å². The van der Waals surface area contributed by atoms with E-state index in [0.29, 0.717) is 0 Å². The normalized spacial score (nSPS) is 49.0. The van der Waals surface area contributed by atoms with E-state index in [0.717, 1.165) is 6.61 Å². The molecular weight excluding hydrogens is 64.0 g/mol. The van der Waals surface area contributed by atoms with E-state index in [-0.39, 0.29) is 5.60 Å². The SMILES string of the molecule is [CH2+]C1(C)CO1. The molecule has 0 N–H and O–H groups in total. The van der Waals surface area contributed by atoms with Gasteiger partial charge in [0.05, 0.1) is 6.92 Å². The Morgan fingerprint density at radius 3 is 2.20 bits per heavy atom. The second-order valence-corrected chi connectivity index (χ2v) is 1.74. The first kappa shape index (κ1) is 3.04. The molecule has 1 fully saturated rings. The molecule has 1 rings (SSSR count). The van der Waals surface area contributed by atoms with Gasteiger partial charge in [0, 0.05) is 6.92 Å². The lowest BCUT2D eigenvalue weighted by Gasteiger charge is -1.70. The van der Waals surface area contributed by atoms with Crippen molar-refractivity contribution in [3.05, 3.63) is 6.92 Å². The van der Waals surface area contributed by atoms with Gasteiger partial charge in [-0.15, -0.1) is 0 Å². The molecule has 0 amide bonds. The van der Waals surface area contributed by atoms with Gasteiger partial charge in [-0.2, -0.15) is 0 Å². The molecule has 0 radical (unpaired) electrons. The molecular formula is C4H7O+. The number of rotatable bonds is 0. The third-order valence-electron chi connectivity index (χ3n) is 0.637. The highest BCUT2D eigenvalue weighted by Crippen LogP contribution is 2.22. The molecule has 1 heterocycles. The monoisotopic (exact) mass is 71.0 g/mol. The van der Waals surface area contributed by atoms with Crippen LogP contribution in [0.1, 0.15) is 6.92 Å². The minimum absolute atomic E-state index is 0. The number of ether oxygens (including phenoxy) is 1. The van der Waals surface area contributed by atoms with Crippen LogP contribution >= 0.6 is 0 Å². The minimum Gasteiger partial charge on any atom is -0.326 e. The highest BCUT2D eigenvalue weighted by atomic mass is 16.6. The molecule has 0 aromatic carbocycles. The summed E-state index contributed by atoms with van der Waals surface area (Å²) in [4.78, 5) is 0. The maximum atomic E-state index is 4.78. The van der Waals surface area contributed by atoms with Gasteiger partial charge in [0.25, 0.3) is 0 Å². The van der Waals surface area contributed by atoms with E-state index in [9.17, 15) is 0 Å². The summed E-state index contributed by atoms with van der Waals surface area (Å²) in [5.41, 5.74) is 0. The summed E-state index contributed by atoms with van der Waals surface area (Å²) in [5, 5.41) is 0. The lowest BCUT2D eigenvalue weighted by atomic mass is 10.3. The molecule has 0 aliphatic carbocycles. The van der Waals surface area contributed by atoms with Gasteiger partial charge in [0.2, 0.25) is 5.60 Å². The van der Waals surface area contributed by atoms with Crippen LogP contribution in [-0.4, -0.2) is 12.2 Å². The molecule has 5 heavy (non-hydrogen) atoms. The maximum Gasteiger partial charge on any atom is 0.225 e. The summed E-state index contributed by atoms with van der Waals surface area (Å²) >= 11 is 0. The number of hydrogen-bond acceptors (Lipinski definition) is 1. The Morgan fingerprint density at radius 2 is 2.20 bits per heavy atom. The first-order valence-electron chi connectivity index (χ1n) is 1.70. The average Bonchev–Trinajstić information content (AvgIpc) is 1.76. The fourth-order valence-corrected chi connectivity index (χ4v) is 0.123. The molecule has 0 bridgehead atoms. The van der Waals surface area contributed by atoms with Crippen LogP contribution in [0.15, 0.2) is 0 Å². The van der Waals surface area contributed by atoms with Gasteiger partial charge in [0.1, 0.15) is 6.61 Å². The first-order chi connectivity index (χ1) is 2.21. The third-order valence-corrected chi connectivity index (χ3v) is 0.637. The van der Waals surface area contributed by atoms with Crippen LogP contribution in [0, 0.1) is 6.92 Å². The fourth-order valence-electron chi connectivity index (χ4n) is 0.123. The van der Waals surface area contributed by atoms with E-state index in [1.54, 1.807) is 0 Å². The molecule has 1 nitrogen and oxygen atoms in total. The summed E-state index contributed by atoms with van der Waals surface area (Å²) in [5.74, 6) is 0. The summed E-state index contributed by atoms with van der Waals surface area (Å²) in [6.45, 7) is 6.47. The predicted octanol–water partition coefficient (Wildman–Crippen LogP) is 0.609. The Labute approximate surface area is 31.9 Å². The number of epoxide rings is 1. The lowest BCUT2D eigenvalue weighted by Crippen LogP contribution is -1.91. The summed E-state index contributed by atoms with van der Waals surface area (Å²) in [7, 11) is 0. The highest BCUT2D eigenvalue weighted by Gasteiger charge is 2.41. The molecule has 0 saturated carbocycles. The van der Waals surface area contributed by atoms with Crippen molar-refractivity contribution in [3.8, 4) is 0 Å². The van der Waals surface area contributed by atoms with Gasteiger partial charge in [-0.25, -0.2) is 0 Å².